The Labute approximate surface area is 139 Å². The van der Waals surface area contributed by atoms with Crippen LogP contribution in [0.5, 0.6) is 5.75 Å². The Kier molecular flexibility index (Phi) is 6.40. The zero-order valence-corrected chi connectivity index (χ0v) is 14.3. The number of carbonyl (C=O) groups is 1. The maximum atomic E-state index is 11.3. The molecule has 2 heteroatoms. The highest BCUT2D eigenvalue weighted by atomic mass is 16.5. The molecule has 2 aromatic carbocycles. The quantitative estimate of drug-likeness (QED) is 0.579. The highest BCUT2D eigenvalue weighted by molar-refractivity contribution is 5.94. The average molecular weight is 310 g/mol. The number of benzene rings is 2. The van der Waals surface area contributed by atoms with Crippen molar-refractivity contribution in [1.29, 1.82) is 0 Å². The summed E-state index contributed by atoms with van der Waals surface area (Å²) in [5.41, 5.74) is 2.99. The SMILES string of the molecule is CCC(CC)CCOc1ccc(-c2ccc(C(C)=O)cc2)cc1. The predicted octanol–water partition coefficient (Wildman–Crippen LogP) is 5.76. The van der Waals surface area contributed by atoms with Crippen LogP contribution in [0.4, 0.5) is 0 Å². The average Bonchev–Trinajstić information content (AvgIpc) is 2.59. The molecule has 0 spiro atoms. The molecular formula is C21H26O2. The number of carbonyl (C=O) groups excluding carboxylic acids is 1. The number of ketones is 1. The molecule has 0 aliphatic heterocycles. The number of rotatable bonds is 8. The lowest BCUT2D eigenvalue weighted by atomic mass is 10.0. The van der Waals surface area contributed by atoms with E-state index in [1.54, 1.807) is 6.92 Å². The molecule has 122 valence electrons. The summed E-state index contributed by atoms with van der Waals surface area (Å²) in [4.78, 5) is 11.3. The molecular weight excluding hydrogens is 284 g/mol. The molecule has 0 heterocycles. The van der Waals surface area contributed by atoms with Crippen molar-refractivity contribution >= 4 is 5.78 Å². The van der Waals surface area contributed by atoms with Crippen LogP contribution in [0.1, 0.15) is 50.4 Å². The standard InChI is InChI=1S/C21H26O2/c1-4-17(5-2)14-15-23-21-12-10-20(11-13-21)19-8-6-18(7-9-19)16(3)22/h6-13,17H,4-5,14-15H2,1-3H3. The molecule has 0 N–H and O–H groups in total. The normalized spacial score (nSPS) is 10.8. The minimum atomic E-state index is 0.0951. The molecule has 2 nitrogen and oxygen atoms in total. The van der Waals surface area contributed by atoms with Crippen LogP contribution in [0.15, 0.2) is 48.5 Å². The van der Waals surface area contributed by atoms with Crippen molar-refractivity contribution < 1.29 is 9.53 Å². The first-order valence-corrected chi connectivity index (χ1v) is 8.48. The third-order valence-corrected chi connectivity index (χ3v) is 4.43. The molecule has 0 fully saturated rings. The van der Waals surface area contributed by atoms with E-state index in [0.717, 1.165) is 41.4 Å². The van der Waals surface area contributed by atoms with E-state index in [-0.39, 0.29) is 5.78 Å². The summed E-state index contributed by atoms with van der Waals surface area (Å²) in [6.07, 6.45) is 3.55. The van der Waals surface area contributed by atoms with Crippen LogP contribution in [-0.2, 0) is 0 Å². The van der Waals surface area contributed by atoms with E-state index in [4.69, 9.17) is 4.74 Å². The van der Waals surface area contributed by atoms with Gasteiger partial charge in [0.2, 0.25) is 0 Å². The highest BCUT2D eigenvalue weighted by Crippen LogP contribution is 2.23. The van der Waals surface area contributed by atoms with Gasteiger partial charge in [0.15, 0.2) is 5.78 Å². The van der Waals surface area contributed by atoms with Crippen LogP contribution in [0.3, 0.4) is 0 Å². The third kappa shape index (κ3) is 4.95. The molecule has 0 amide bonds. The van der Waals surface area contributed by atoms with Gasteiger partial charge in [-0.1, -0.05) is 63.1 Å². The first kappa shape index (κ1) is 17.3. The van der Waals surface area contributed by atoms with Gasteiger partial charge in [-0.25, -0.2) is 0 Å². The summed E-state index contributed by atoms with van der Waals surface area (Å²) in [5.74, 6) is 1.77. The summed E-state index contributed by atoms with van der Waals surface area (Å²) < 4.78 is 5.84. The van der Waals surface area contributed by atoms with Gasteiger partial charge in [-0.2, -0.15) is 0 Å². The Morgan fingerprint density at radius 1 is 0.913 bits per heavy atom. The number of hydrogen-bond donors (Lipinski definition) is 0. The van der Waals surface area contributed by atoms with Gasteiger partial charge in [-0.3, -0.25) is 4.79 Å². The fraction of sp³-hybridized carbons (Fsp3) is 0.381. The summed E-state index contributed by atoms with van der Waals surface area (Å²) in [5, 5.41) is 0. The van der Waals surface area contributed by atoms with E-state index in [0.29, 0.717) is 0 Å². The minimum Gasteiger partial charge on any atom is -0.494 e. The van der Waals surface area contributed by atoms with Gasteiger partial charge in [-0.05, 0) is 42.5 Å². The fourth-order valence-corrected chi connectivity index (χ4v) is 2.68. The molecule has 0 saturated carbocycles. The van der Waals surface area contributed by atoms with Crippen molar-refractivity contribution in [2.45, 2.75) is 40.0 Å². The molecule has 0 atom stereocenters. The van der Waals surface area contributed by atoms with Gasteiger partial charge in [0.1, 0.15) is 5.75 Å². The smallest absolute Gasteiger partial charge is 0.159 e. The van der Waals surface area contributed by atoms with Gasteiger partial charge in [0.25, 0.3) is 0 Å². The second-order valence-electron chi connectivity index (χ2n) is 5.98. The molecule has 0 aliphatic carbocycles. The molecule has 0 unspecified atom stereocenters. The highest BCUT2D eigenvalue weighted by Gasteiger charge is 2.04. The van der Waals surface area contributed by atoms with Crippen molar-refractivity contribution in [3.63, 3.8) is 0 Å². The van der Waals surface area contributed by atoms with E-state index >= 15 is 0 Å². The molecule has 0 saturated heterocycles. The summed E-state index contributed by atoms with van der Waals surface area (Å²) in [7, 11) is 0. The number of hydrogen-bond acceptors (Lipinski definition) is 2. The predicted molar refractivity (Wildman–Crippen MR) is 96.1 cm³/mol. The molecule has 0 aromatic heterocycles. The summed E-state index contributed by atoms with van der Waals surface area (Å²) in [6.45, 7) is 6.84. The van der Waals surface area contributed by atoms with E-state index < -0.39 is 0 Å². The third-order valence-electron chi connectivity index (χ3n) is 4.43. The molecule has 0 aliphatic rings. The van der Waals surface area contributed by atoms with Crippen molar-refractivity contribution in [3.8, 4) is 16.9 Å². The lowest BCUT2D eigenvalue weighted by Gasteiger charge is -2.13. The fourth-order valence-electron chi connectivity index (χ4n) is 2.68. The van der Waals surface area contributed by atoms with Crippen molar-refractivity contribution in [2.75, 3.05) is 6.61 Å². The topological polar surface area (TPSA) is 26.3 Å². The summed E-state index contributed by atoms with van der Waals surface area (Å²) >= 11 is 0. The lowest BCUT2D eigenvalue weighted by Crippen LogP contribution is -2.05. The lowest BCUT2D eigenvalue weighted by molar-refractivity contribution is 0.101. The molecule has 23 heavy (non-hydrogen) atoms. The number of ether oxygens (including phenoxy) is 1. The minimum absolute atomic E-state index is 0.0951. The van der Waals surface area contributed by atoms with Crippen LogP contribution < -0.4 is 4.74 Å². The Hall–Kier alpha value is -2.09. The first-order valence-electron chi connectivity index (χ1n) is 8.48. The molecule has 2 rings (SSSR count). The van der Waals surface area contributed by atoms with Gasteiger partial charge in [0.05, 0.1) is 6.61 Å². The Bertz CT molecular complexity index is 607. The Morgan fingerprint density at radius 3 is 1.91 bits per heavy atom. The zero-order chi connectivity index (χ0) is 16.7. The monoisotopic (exact) mass is 310 g/mol. The van der Waals surface area contributed by atoms with E-state index in [2.05, 4.69) is 26.0 Å². The molecule has 0 bridgehead atoms. The van der Waals surface area contributed by atoms with E-state index in [1.165, 1.54) is 12.8 Å². The van der Waals surface area contributed by atoms with Crippen molar-refractivity contribution in [1.82, 2.24) is 0 Å². The van der Waals surface area contributed by atoms with Crippen LogP contribution in [0.25, 0.3) is 11.1 Å². The van der Waals surface area contributed by atoms with Crippen LogP contribution in [0, 0.1) is 5.92 Å². The zero-order valence-electron chi connectivity index (χ0n) is 14.3. The van der Waals surface area contributed by atoms with Gasteiger partial charge in [0, 0.05) is 5.56 Å². The van der Waals surface area contributed by atoms with Gasteiger partial charge >= 0.3 is 0 Å². The van der Waals surface area contributed by atoms with Crippen LogP contribution >= 0.6 is 0 Å². The maximum absolute atomic E-state index is 11.3. The van der Waals surface area contributed by atoms with Gasteiger partial charge in [-0.15, -0.1) is 0 Å². The van der Waals surface area contributed by atoms with Gasteiger partial charge < -0.3 is 4.74 Å². The maximum Gasteiger partial charge on any atom is 0.159 e. The largest absolute Gasteiger partial charge is 0.494 e. The van der Waals surface area contributed by atoms with Crippen LogP contribution in [0.2, 0.25) is 0 Å². The van der Waals surface area contributed by atoms with E-state index in [9.17, 15) is 4.79 Å². The second kappa shape index (κ2) is 8.52. The molecule has 0 radical (unpaired) electrons. The Morgan fingerprint density at radius 2 is 1.43 bits per heavy atom. The van der Waals surface area contributed by atoms with Crippen LogP contribution in [-0.4, -0.2) is 12.4 Å². The first-order chi connectivity index (χ1) is 11.1. The second-order valence-corrected chi connectivity index (χ2v) is 5.98. The molecule has 2 aromatic rings. The summed E-state index contributed by atoms with van der Waals surface area (Å²) in [6, 6.07) is 15.9. The van der Waals surface area contributed by atoms with Crippen molar-refractivity contribution in [3.05, 3.63) is 54.1 Å². The van der Waals surface area contributed by atoms with E-state index in [1.807, 2.05) is 36.4 Å². The van der Waals surface area contributed by atoms with Crippen molar-refractivity contribution in [2.24, 2.45) is 5.92 Å². The number of Topliss-reactive ketones (excluding diaryl/α,β-unsaturated/α-hetero) is 1. The Balaban J connectivity index is 1.95.